The van der Waals surface area contributed by atoms with Crippen molar-refractivity contribution in [2.75, 3.05) is 10.6 Å². The van der Waals surface area contributed by atoms with Crippen molar-refractivity contribution < 1.29 is 14.3 Å². The third-order valence-corrected chi connectivity index (χ3v) is 4.36. The normalized spacial score (nSPS) is 26.6. The second-order valence-electron chi connectivity index (χ2n) is 5.54. The smallest absolute Gasteiger partial charge is 0.233 e. The van der Waals surface area contributed by atoms with Gasteiger partial charge in [-0.15, -0.1) is 11.6 Å². The average Bonchev–Trinajstić information content (AvgIpc) is 2.79. The molecule has 2 amide bonds. The van der Waals surface area contributed by atoms with Gasteiger partial charge in [0.1, 0.15) is 6.42 Å². The van der Waals surface area contributed by atoms with E-state index in [0.29, 0.717) is 11.4 Å². The van der Waals surface area contributed by atoms with Gasteiger partial charge < -0.3 is 15.4 Å². The SMILES string of the molecule is CC1CCC(C(Cl)c2ccc3c(c2)NC(=O)CC(=O)N3)O1. The number of benzene rings is 1. The molecule has 3 rings (SSSR count). The summed E-state index contributed by atoms with van der Waals surface area (Å²) >= 11 is 6.50. The minimum absolute atomic E-state index is 0.0178. The lowest BCUT2D eigenvalue weighted by Crippen LogP contribution is -2.16. The van der Waals surface area contributed by atoms with Crippen LogP contribution in [0.3, 0.4) is 0 Å². The molecule has 0 radical (unpaired) electrons. The Morgan fingerprint density at radius 1 is 1.19 bits per heavy atom. The molecule has 1 aromatic carbocycles. The first-order valence-corrected chi connectivity index (χ1v) is 7.50. The number of fused-ring (bicyclic) bond motifs is 1. The van der Waals surface area contributed by atoms with E-state index in [-0.39, 0.29) is 35.8 Å². The van der Waals surface area contributed by atoms with Gasteiger partial charge in [0.2, 0.25) is 11.8 Å². The van der Waals surface area contributed by atoms with Crippen LogP contribution >= 0.6 is 11.6 Å². The van der Waals surface area contributed by atoms with Crippen molar-refractivity contribution in [2.45, 2.75) is 43.8 Å². The molecule has 3 unspecified atom stereocenters. The molecule has 1 saturated heterocycles. The quantitative estimate of drug-likeness (QED) is 0.652. The third kappa shape index (κ3) is 3.04. The highest BCUT2D eigenvalue weighted by Crippen LogP contribution is 2.37. The van der Waals surface area contributed by atoms with Crippen LogP contribution in [0.15, 0.2) is 18.2 Å². The predicted molar refractivity (Wildman–Crippen MR) is 80.5 cm³/mol. The third-order valence-electron chi connectivity index (χ3n) is 3.82. The Labute approximate surface area is 128 Å². The van der Waals surface area contributed by atoms with Gasteiger partial charge in [-0.25, -0.2) is 0 Å². The van der Waals surface area contributed by atoms with Crippen molar-refractivity contribution in [3.8, 4) is 0 Å². The van der Waals surface area contributed by atoms with Gasteiger partial charge in [0.05, 0.1) is 29.0 Å². The Bertz CT molecular complexity index is 590. The van der Waals surface area contributed by atoms with E-state index in [2.05, 4.69) is 10.6 Å². The number of halogens is 1. The molecule has 5 nitrogen and oxygen atoms in total. The zero-order chi connectivity index (χ0) is 15.0. The highest BCUT2D eigenvalue weighted by molar-refractivity contribution is 6.21. The summed E-state index contributed by atoms with van der Waals surface area (Å²) in [5, 5.41) is 5.16. The van der Waals surface area contributed by atoms with E-state index in [9.17, 15) is 9.59 Å². The van der Waals surface area contributed by atoms with E-state index < -0.39 is 0 Å². The number of carbonyl (C=O) groups is 2. The van der Waals surface area contributed by atoms with Crippen molar-refractivity contribution in [3.63, 3.8) is 0 Å². The van der Waals surface area contributed by atoms with Crippen molar-refractivity contribution in [1.82, 2.24) is 0 Å². The van der Waals surface area contributed by atoms with Crippen molar-refractivity contribution in [3.05, 3.63) is 23.8 Å². The van der Waals surface area contributed by atoms with Crippen LogP contribution in [0, 0.1) is 0 Å². The maximum atomic E-state index is 11.6. The maximum absolute atomic E-state index is 11.6. The molecule has 0 saturated carbocycles. The van der Waals surface area contributed by atoms with Crippen LogP contribution in [0.2, 0.25) is 0 Å². The highest BCUT2D eigenvalue weighted by Gasteiger charge is 2.30. The molecule has 3 atom stereocenters. The lowest BCUT2D eigenvalue weighted by molar-refractivity contribution is -0.123. The van der Waals surface area contributed by atoms with Gasteiger partial charge in [0, 0.05) is 0 Å². The number of nitrogens with one attached hydrogen (secondary N) is 2. The maximum Gasteiger partial charge on any atom is 0.233 e. The molecule has 1 aromatic rings. The van der Waals surface area contributed by atoms with Crippen LogP contribution in [0.4, 0.5) is 11.4 Å². The predicted octanol–water partition coefficient (Wildman–Crippen LogP) is 2.81. The van der Waals surface area contributed by atoms with E-state index in [1.54, 1.807) is 6.07 Å². The zero-order valence-electron chi connectivity index (χ0n) is 11.7. The van der Waals surface area contributed by atoms with Crippen LogP contribution in [0.5, 0.6) is 0 Å². The van der Waals surface area contributed by atoms with E-state index in [0.717, 1.165) is 18.4 Å². The summed E-state index contributed by atoms with van der Waals surface area (Å²) in [7, 11) is 0. The minimum atomic E-state index is -0.319. The monoisotopic (exact) mass is 308 g/mol. The molecule has 2 N–H and O–H groups in total. The molecule has 0 aliphatic carbocycles. The lowest BCUT2D eigenvalue weighted by atomic mass is 10.0. The number of ether oxygens (including phenoxy) is 1. The fourth-order valence-electron chi connectivity index (χ4n) is 2.74. The van der Waals surface area contributed by atoms with Crippen molar-refractivity contribution in [2.24, 2.45) is 0 Å². The van der Waals surface area contributed by atoms with Crippen molar-refractivity contribution >= 4 is 34.8 Å². The zero-order valence-corrected chi connectivity index (χ0v) is 12.4. The second kappa shape index (κ2) is 5.66. The number of amides is 2. The van der Waals surface area contributed by atoms with Crippen LogP contribution in [0.1, 0.15) is 37.1 Å². The molecular formula is C15H17ClN2O3. The lowest BCUT2D eigenvalue weighted by Gasteiger charge is -2.19. The van der Waals surface area contributed by atoms with Gasteiger partial charge in [0.15, 0.2) is 0 Å². The second-order valence-corrected chi connectivity index (χ2v) is 6.01. The molecule has 112 valence electrons. The first kappa shape index (κ1) is 14.4. The fraction of sp³-hybridized carbons (Fsp3) is 0.467. The summed E-state index contributed by atoms with van der Waals surface area (Å²) in [5.74, 6) is -0.630. The van der Waals surface area contributed by atoms with E-state index >= 15 is 0 Å². The topological polar surface area (TPSA) is 67.4 Å². The van der Waals surface area contributed by atoms with E-state index in [4.69, 9.17) is 16.3 Å². The molecule has 0 bridgehead atoms. The molecule has 2 aliphatic rings. The minimum Gasteiger partial charge on any atom is -0.373 e. The van der Waals surface area contributed by atoms with E-state index in [1.807, 2.05) is 19.1 Å². The van der Waals surface area contributed by atoms with Crippen molar-refractivity contribution in [1.29, 1.82) is 0 Å². The number of hydrogen-bond donors (Lipinski definition) is 2. The van der Waals surface area contributed by atoms with Gasteiger partial charge >= 0.3 is 0 Å². The number of hydrogen-bond acceptors (Lipinski definition) is 3. The molecular weight excluding hydrogens is 292 g/mol. The van der Waals surface area contributed by atoms with Crippen LogP contribution in [-0.2, 0) is 14.3 Å². The molecule has 1 fully saturated rings. The van der Waals surface area contributed by atoms with Crippen LogP contribution < -0.4 is 10.6 Å². The largest absolute Gasteiger partial charge is 0.373 e. The first-order valence-electron chi connectivity index (χ1n) is 7.06. The Kier molecular flexibility index (Phi) is 3.87. The average molecular weight is 309 g/mol. The van der Waals surface area contributed by atoms with Gasteiger partial charge in [-0.3, -0.25) is 9.59 Å². The van der Waals surface area contributed by atoms with Gasteiger partial charge in [-0.05, 0) is 37.5 Å². The van der Waals surface area contributed by atoms with Gasteiger partial charge in [-0.1, -0.05) is 6.07 Å². The standard InChI is InChI=1S/C15H17ClN2O3/c1-8-2-5-12(21-8)15(16)9-3-4-10-11(6-9)18-14(20)7-13(19)17-10/h3-4,6,8,12,15H,2,5,7H2,1H3,(H,17,19)(H,18,20). The van der Waals surface area contributed by atoms with Gasteiger partial charge in [-0.2, -0.15) is 0 Å². The first-order chi connectivity index (χ1) is 10.0. The van der Waals surface area contributed by atoms with Crippen LogP contribution in [-0.4, -0.2) is 24.0 Å². The number of rotatable bonds is 2. The molecule has 0 spiro atoms. The number of alkyl halides is 1. The number of carbonyl (C=O) groups excluding carboxylic acids is 2. The van der Waals surface area contributed by atoms with Crippen LogP contribution in [0.25, 0.3) is 0 Å². The Balaban J connectivity index is 1.85. The number of anilines is 2. The molecule has 0 aromatic heterocycles. The summed E-state index contributed by atoms with van der Waals surface area (Å²) in [6.07, 6.45) is 1.98. The Morgan fingerprint density at radius 3 is 2.57 bits per heavy atom. The fourth-order valence-corrected chi connectivity index (χ4v) is 3.06. The summed E-state index contributed by atoms with van der Waals surface area (Å²) in [6.45, 7) is 2.04. The summed E-state index contributed by atoms with van der Waals surface area (Å²) in [4.78, 5) is 23.1. The summed E-state index contributed by atoms with van der Waals surface area (Å²) < 4.78 is 5.80. The summed E-state index contributed by atoms with van der Waals surface area (Å²) in [5.41, 5.74) is 2.06. The highest BCUT2D eigenvalue weighted by atomic mass is 35.5. The molecule has 2 aliphatic heterocycles. The van der Waals surface area contributed by atoms with E-state index in [1.165, 1.54) is 0 Å². The molecule has 6 heteroatoms. The molecule has 2 heterocycles. The Morgan fingerprint density at radius 2 is 1.90 bits per heavy atom. The van der Waals surface area contributed by atoms with Gasteiger partial charge in [0.25, 0.3) is 0 Å². The summed E-state index contributed by atoms with van der Waals surface area (Å²) in [6, 6.07) is 5.44. The Hall–Kier alpha value is -1.59. The molecule has 21 heavy (non-hydrogen) atoms.